The number of aryl methyl sites for hydroxylation is 1. The highest BCUT2D eigenvalue weighted by molar-refractivity contribution is 6.31. The molecule has 1 aromatic heterocycles. The average Bonchev–Trinajstić information content (AvgIpc) is 3.23. The lowest BCUT2D eigenvalue weighted by Gasteiger charge is -2.13. The number of nitrogens with one attached hydrogen (secondary N) is 1. The van der Waals surface area contributed by atoms with E-state index in [0.29, 0.717) is 22.9 Å². The van der Waals surface area contributed by atoms with Crippen LogP contribution < -0.4 is 5.32 Å². The first-order chi connectivity index (χ1) is 10.3. The zero-order valence-electron chi connectivity index (χ0n) is 11.4. The van der Waals surface area contributed by atoms with Crippen molar-refractivity contribution in [1.29, 1.82) is 5.26 Å². The van der Waals surface area contributed by atoms with Gasteiger partial charge in [-0.2, -0.15) is 5.26 Å². The minimum Gasteiger partial charge on any atom is -0.366 e. The molecule has 3 atom stereocenters. The molecule has 3 unspecified atom stereocenters. The SMILES string of the molecule is N#Cc1nc(NC2C3CCc4ccccc4C32)ccc1Cl. The van der Waals surface area contributed by atoms with Gasteiger partial charge in [0.1, 0.15) is 11.9 Å². The van der Waals surface area contributed by atoms with Gasteiger partial charge in [-0.3, -0.25) is 0 Å². The fraction of sp³-hybridized carbons (Fsp3) is 0.294. The predicted molar refractivity (Wildman–Crippen MR) is 82.4 cm³/mol. The van der Waals surface area contributed by atoms with Gasteiger partial charge in [0.2, 0.25) is 0 Å². The van der Waals surface area contributed by atoms with Crippen molar-refractivity contribution >= 4 is 17.4 Å². The number of nitrogens with zero attached hydrogens (tertiary/aromatic N) is 2. The molecular weight excluding hydrogens is 282 g/mol. The van der Waals surface area contributed by atoms with Crippen molar-refractivity contribution in [1.82, 2.24) is 4.98 Å². The van der Waals surface area contributed by atoms with E-state index in [0.717, 1.165) is 12.2 Å². The summed E-state index contributed by atoms with van der Waals surface area (Å²) >= 11 is 5.92. The molecule has 1 fully saturated rings. The molecule has 4 rings (SSSR count). The lowest BCUT2D eigenvalue weighted by Crippen LogP contribution is -2.07. The summed E-state index contributed by atoms with van der Waals surface area (Å²) in [6, 6.07) is 14.7. The van der Waals surface area contributed by atoms with Crippen LogP contribution >= 0.6 is 11.6 Å². The molecule has 21 heavy (non-hydrogen) atoms. The molecule has 1 heterocycles. The molecule has 0 saturated heterocycles. The van der Waals surface area contributed by atoms with Crippen molar-refractivity contribution in [3.8, 4) is 6.07 Å². The van der Waals surface area contributed by atoms with Crippen LogP contribution in [0.2, 0.25) is 5.02 Å². The second-order valence-corrected chi connectivity index (χ2v) is 6.14. The van der Waals surface area contributed by atoms with Crippen molar-refractivity contribution in [2.24, 2.45) is 5.92 Å². The molecular formula is C17H14ClN3. The third-order valence-corrected chi connectivity index (χ3v) is 4.90. The number of benzene rings is 1. The summed E-state index contributed by atoms with van der Waals surface area (Å²) in [5.41, 5.74) is 3.23. The minimum absolute atomic E-state index is 0.283. The molecule has 104 valence electrons. The number of hydrogen-bond donors (Lipinski definition) is 1. The Labute approximate surface area is 128 Å². The number of fused-ring (bicyclic) bond motifs is 3. The van der Waals surface area contributed by atoms with E-state index >= 15 is 0 Å². The van der Waals surface area contributed by atoms with E-state index in [4.69, 9.17) is 16.9 Å². The summed E-state index contributed by atoms with van der Waals surface area (Å²) < 4.78 is 0. The summed E-state index contributed by atoms with van der Waals surface area (Å²) in [4.78, 5) is 4.28. The van der Waals surface area contributed by atoms with Gasteiger partial charge in [0, 0.05) is 12.0 Å². The Hall–Kier alpha value is -2.05. The number of halogens is 1. The highest BCUT2D eigenvalue weighted by Gasteiger charge is 2.53. The standard InChI is InChI=1S/C17H14ClN3/c18-13-7-8-15(20-14(13)9-19)21-17-12-6-5-10-3-1-2-4-11(10)16(12)17/h1-4,7-8,12,16-17H,5-6H2,(H,20,21). The fourth-order valence-electron chi connectivity index (χ4n) is 3.53. The van der Waals surface area contributed by atoms with Gasteiger partial charge in [0.15, 0.2) is 5.69 Å². The Morgan fingerprint density at radius 1 is 1.24 bits per heavy atom. The van der Waals surface area contributed by atoms with E-state index in [-0.39, 0.29) is 5.69 Å². The number of nitriles is 1. The van der Waals surface area contributed by atoms with Gasteiger partial charge < -0.3 is 5.32 Å². The van der Waals surface area contributed by atoms with Crippen LogP contribution in [0, 0.1) is 17.2 Å². The summed E-state index contributed by atoms with van der Waals surface area (Å²) in [6.07, 6.45) is 2.38. The number of hydrogen-bond acceptors (Lipinski definition) is 3. The highest BCUT2D eigenvalue weighted by Crippen LogP contribution is 2.55. The number of rotatable bonds is 2. The summed E-state index contributed by atoms with van der Waals surface area (Å²) in [5, 5.41) is 12.9. The molecule has 0 amide bonds. The lowest BCUT2D eigenvalue weighted by molar-refractivity contribution is 0.661. The number of aromatic nitrogens is 1. The fourth-order valence-corrected chi connectivity index (χ4v) is 3.68. The Morgan fingerprint density at radius 3 is 2.95 bits per heavy atom. The maximum atomic E-state index is 9.00. The van der Waals surface area contributed by atoms with Gasteiger partial charge in [0.25, 0.3) is 0 Å². The van der Waals surface area contributed by atoms with Crippen molar-refractivity contribution < 1.29 is 0 Å². The Balaban J connectivity index is 1.57. The van der Waals surface area contributed by atoms with Crippen molar-refractivity contribution in [2.75, 3.05) is 5.32 Å². The van der Waals surface area contributed by atoms with Crippen LogP contribution in [0.3, 0.4) is 0 Å². The third kappa shape index (κ3) is 2.07. The molecule has 1 saturated carbocycles. The topological polar surface area (TPSA) is 48.7 Å². The van der Waals surface area contributed by atoms with Crippen LogP contribution in [0.1, 0.15) is 29.2 Å². The summed E-state index contributed by atoms with van der Waals surface area (Å²) in [7, 11) is 0. The van der Waals surface area contributed by atoms with E-state index in [1.807, 2.05) is 12.1 Å². The normalized spacial score (nSPS) is 25.4. The van der Waals surface area contributed by atoms with E-state index in [1.165, 1.54) is 17.5 Å². The molecule has 0 bridgehead atoms. The molecule has 2 aromatic rings. The molecule has 2 aliphatic carbocycles. The quantitative estimate of drug-likeness (QED) is 0.918. The van der Waals surface area contributed by atoms with Gasteiger partial charge in [-0.1, -0.05) is 35.9 Å². The highest BCUT2D eigenvalue weighted by atomic mass is 35.5. The summed E-state index contributed by atoms with van der Waals surface area (Å²) in [6.45, 7) is 0. The van der Waals surface area contributed by atoms with Crippen LogP contribution in [0.15, 0.2) is 36.4 Å². The summed E-state index contributed by atoms with van der Waals surface area (Å²) in [5.74, 6) is 2.01. The lowest BCUT2D eigenvalue weighted by atomic mass is 9.92. The first-order valence-electron chi connectivity index (χ1n) is 7.19. The molecule has 4 heteroatoms. The predicted octanol–water partition coefficient (Wildman–Crippen LogP) is 3.75. The maximum absolute atomic E-state index is 9.00. The van der Waals surface area contributed by atoms with E-state index in [2.05, 4.69) is 34.6 Å². The van der Waals surface area contributed by atoms with Gasteiger partial charge in [-0.15, -0.1) is 0 Å². The molecule has 3 nitrogen and oxygen atoms in total. The van der Waals surface area contributed by atoms with Crippen LogP contribution in [0.25, 0.3) is 0 Å². The monoisotopic (exact) mass is 295 g/mol. The van der Waals surface area contributed by atoms with E-state index in [9.17, 15) is 0 Å². The van der Waals surface area contributed by atoms with Crippen LogP contribution in [-0.4, -0.2) is 11.0 Å². The first-order valence-corrected chi connectivity index (χ1v) is 7.56. The van der Waals surface area contributed by atoms with Crippen LogP contribution in [0.4, 0.5) is 5.82 Å². The molecule has 0 radical (unpaired) electrons. The maximum Gasteiger partial charge on any atom is 0.161 e. The van der Waals surface area contributed by atoms with Gasteiger partial charge >= 0.3 is 0 Å². The Kier molecular flexibility index (Phi) is 2.87. The largest absolute Gasteiger partial charge is 0.366 e. The van der Waals surface area contributed by atoms with Gasteiger partial charge in [-0.05, 0) is 42.0 Å². The van der Waals surface area contributed by atoms with E-state index < -0.39 is 0 Å². The number of anilines is 1. The molecule has 0 aliphatic heterocycles. The zero-order chi connectivity index (χ0) is 14.4. The van der Waals surface area contributed by atoms with Gasteiger partial charge in [0.05, 0.1) is 5.02 Å². The Morgan fingerprint density at radius 2 is 2.10 bits per heavy atom. The molecule has 1 aromatic carbocycles. The average molecular weight is 296 g/mol. The van der Waals surface area contributed by atoms with Crippen LogP contribution in [0.5, 0.6) is 0 Å². The molecule has 0 spiro atoms. The van der Waals surface area contributed by atoms with Gasteiger partial charge in [-0.25, -0.2) is 4.98 Å². The second kappa shape index (κ2) is 4.75. The third-order valence-electron chi connectivity index (χ3n) is 4.60. The molecule has 1 N–H and O–H groups in total. The Bertz CT molecular complexity index is 750. The zero-order valence-corrected chi connectivity index (χ0v) is 12.1. The second-order valence-electron chi connectivity index (χ2n) is 5.74. The van der Waals surface area contributed by atoms with E-state index in [1.54, 1.807) is 6.07 Å². The van der Waals surface area contributed by atoms with Crippen LogP contribution in [-0.2, 0) is 6.42 Å². The number of pyridine rings is 1. The smallest absolute Gasteiger partial charge is 0.161 e. The first kappa shape index (κ1) is 12.7. The van der Waals surface area contributed by atoms with Crippen molar-refractivity contribution in [2.45, 2.75) is 24.8 Å². The minimum atomic E-state index is 0.283. The molecule has 2 aliphatic rings. The van der Waals surface area contributed by atoms with Crippen molar-refractivity contribution in [3.63, 3.8) is 0 Å². The van der Waals surface area contributed by atoms with Crippen molar-refractivity contribution in [3.05, 3.63) is 58.2 Å².